The summed E-state index contributed by atoms with van der Waals surface area (Å²) in [6, 6.07) is 5.78. The minimum absolute atomic E-state index is 0.0170. The third-order valence-corrected chi connectivity index (χ3v) is 4.47. The first-order valence-corrected chi connectivity index (χ1v) is 9.18. The SMILES string of the molecule is COCCOCCOC(=O)N1C(=O)/C(=C\c2[nH]c(C)cc2C)c2cc(F)ccc21. The smallest absolute Gasteiger partial charge is 0.421 e. The Balaban J connectivity index is 1.82. The lowest BCUT2D eigenvalue weighted by Crippen LogP contribution is -2.34. The van der Waals surface area contributed by atoms with E-state index in [1.807, 2.05) is 19.9 Å². The molecular formula is C21H23FN2O5. The maximum Gasteiger partial charge on any atom is 0.421 e. The predicted octanol–water partition coefficient (Wildman–Crippen LogP) is 3.46. The number of nitrogens with one attached hydrogen (secondary N) is 1. The van der Waals surface area contributed by atoms with Crippen molar-refractivity contribution in [2.45, 2.75) is 13.8 Å². The van der Waals surface area contributed by atoms with Crippen LogP contribution in [-0.2, 0) is 19.0 Å². The maximum absolute atomic E-state index is 13.9. The topological polar surface area (TPSA) is 80.9 Å². The Bertz CT molecular complexity index is 951. The number of carbonyl (C=O) groups is 2. The normalized spacial score (nSPS) is 14.6. The monoisotopic (exact) mass is 402 g/mol. The minimum Gasteiger partial charge on any atom is -0.446 e. The Kier molecular flexibility index (Phi) is 6.46. The van der Waals surface area contributed by atoms with Crippen LogP contribution in [0.3, 0.4) is 0 Å². The average molecular weight is 402 g/mol. The molecule has 0 unspecified atom stereocenters. The zero-order valence-corrected chi connectivity index (χ0v) is 16.6. The van der Waals surface area contributed by atoms with Crippen molar-refractivity contribution < 1.29 is 28.2 Å². The van der Waals surface area contributed by atoms with Gasteiger partial charge in [0.2, 0.25) is 0 Å². The second-order valence-electron chi connectivity index (χ2n) is 6.63. The number of aromatic amines is 1. The van der Waals surface area contributed by atoms with Gasteiger partial charge < -0.3 is 19.2 Å². The van der Waals surface area contributed by atoms with Crippen LogP contribution in [0.15, 0.2) is 24.3 Å². The fourth-order valence-electron chi connectivity index (χ4n) is 3.13. The molecule has 7 nitrogen and oxygen atoms in total. The first-order chi connectivity index (χ1) is 13.9. The lowest BCUT2D eigenvalue weighted by atomic mass is 10.1. The summed E-state index contributed by atoms with van der Waals surface area (Å²) in [4.78, 5) is 29.6. The van der Waals surface area contributed by atoms with Crippen LogP contribution in [0.2, 0.25) is 0 Å². The van der Waals surface area contributed by atoms with E-state index < -0.39 is 17.8 Å². The van der Waals surface area contributed by atoms with E-state index in [1.54, 1.807) is 13.2 Å². The number of H-pyrrole nitrogens is 1. The van der Waals surface area contributed by atoms with Gasteiger partial charge in [0, 0.05) is 24.1 Å². The summed E-state index contributed by atoms with van der Waals surface area (Å²) in [5.41, 5.74) is 3.45. The number of aromatic nitrogens is 1. The Hall–Kier alpha value is -2.97. The van der Waals surface area contributed by atoms with Gasteiger partial charge in [0.15, 0.2) is 0 Å². The van der Waals surface area contributed by atoms with Gasteiger partial charge in [0.1, 0.15) is 12.4 Å². The van der Waals surface area contributed by atoms with Gasteiger partial charge in [-0.3, -0.25) is 4.79 Å². The van der Waals surface area contributed by atoms with Gasteiger partial charge in [-0.1, -0.05) is 0 Å². The van der Waals surface area contributed by atoms with Crippen molar-refractivity contribution in [3.63, 3.8) is 0 Å². The highest BCUT2D eigenvalue weighted by Crippen LogP contribution is 2.38. The van der Waals surface area contributed by atoms with E-state index in [4.69, 9.17) is 14.2 Å². The molecule has 2 aromatic rings. The standard InChI is InChI=1S/C21H23FN2O5/c1-13-10-14(2)23-18(13)12-17-16-11-15(22)4-5-19(16)24(20(17)25)21(26)29-9-8-28-7-6-27-3/h4-5,10-12,23H,6-9H2,1-3H3/b17-12-. The quantitative estimate of drug-likeness (QED) is 0.567. The molecule has 8 heteroatoms. The maximum atomic E-state index is 13.9. The highest BCUT2D eigenvalue weighted by atomic mass is 19.1. The van der Waals surface area contributed by atoms with E-state index in [9.17, 15) is 14.0 Å². The Morgan fingerprint density at radius 3 is 2.62 bits per heavy atom. The summed E-state index contributed by atoms with van der Waals surface area (Å²) in [6.45, 7) is 4.77. The summed E-state index contributed by atoms with van der Waals surface area (Å²) in [5.74, 6) is -1.06. The molecule has 1 aromatic carbocycles. The van der Waals surface area contributed by atoms with Gasteiger partial charge >= 0.3 is 6.09 Å². The lowest BCUT2D eigenvalue weighted by molar-refractivity contribution is -0.112. The number of anilines is 1. The molecule has 0 atom stereocenters. The molecule has 2 heterocycles. The van der Waals surface area contributed by atoms with Crippen LogP contribution >= 0.6 is 0 Å². The summed E-state index contributed by atoms with van der Waals surface area (Å²) in [5, 5.41) is 0. The van der Waals surface area contributed by atoms with Crippen molar-refractivity contribution in [3.8, 4) is 0 Å². The predicted molar refractivity (Wildman–Crippen MR) is 106 cm³/mol. The van der Waals surface area contributed by atoms with Crippen molar-refractivity contribution in [2.75, 3.05) is 38.4 Å². The summed E-state index contributed by atoms with van der Waals surface area (Å²) in [6.07, 6.45) is 0.797. The van der Waals surface area contributed by atoms with Crippen LogP contribution in [0.5, 0.6) is 0 Å². The molecule has 154 valence electrons. The molecular weight excluding hydrogens is 379 g/mol. The van der Waals surface area contributed by atoms with Crippen molar-refractivity contribution >= 4 is 29.3 Å². The molecule has 0 spiro atoms. The molecule has 1 aliphatic rings. The fourth-order valence-corrected chi connectivity index (χ4v) is 3.13. The lowest BCUT2D eigenvalue weighted by Gasteiger charge is -2.15. The Morgan fingerprint density at radius 1 is 1.17 bits per heavy atom. The van der Waals surface area contributed by atoms with E-state index in [0.29, 0.717) is 18.8 Å². The minimum atomic E-state index is -0.832. The number of hydrogen-bond acceptors (Lipinski definition) is 5. The Labute approximate surface area is 168 Å². The third kappa shape index (κ3) is 4.55. The number of hydrogen-bond donors (Lipinski definition) is 1. The third-order valence-electron chi connectivity index (χ3n) is 4.47. The molecule has 0 fully saturated rings. The molecule has 29 heavy (non-hydrogen) atoms. The molecule has 3 rings (SSSR count). The van der Waals surface area contributed by atoms with Gasteiger partial charge in [-0.25, -0.2) is 14.1 Å². The zero-order chi connectivity index (χ0) is 21.0. The number of fused-ring (bicyclic) bond motifs is 1. The van der Waals surface area contributed by atoms with Crippen molar-refractivity contribution in [2.24, 2.45) is 0 Å². The van der Waals surface area contributed by atoms with Crippen LogP contribution in [-0.4, -0.2) is 50.5 Å². The molecule has 0 bridgehead atoms. The molecule has 0 radical (unpaired) electrons. The molecule has 2 amide bonds. The van der Waals surface area contributed by atoms with Crippen LogP contribution in [0, 0.1) is 19.7 Å². The number of carbonyl (C=O) groups excluding carboxylic acids is 2. The summed E-state index contributed by atoms with van der Waals surface area (Å²) in [7, 11) is 1.56. The first-order valence-electron chi connectivity index (χ1n) is 9.18. The number of aryl methyl sites for hydroxylation is 2. The number of halogens is 1. The van der Waals surface area contributed by atoms with Crippen molar-refractivity contribution in [1.82, 2.24) is 4.98 Å². The van der Waals surface area contributed by atoms with Crippen molar-refractivity contribution in [3.05, 3.63) is 52.6 Å². The van der Waals surface area contributed by atoms with E-state index in [-0.39, 0.29) is 24.5 Å². The van der Waals surface area contributed by atoms with Gasteiger partial charge in [-0.2, -0.15) is 0 Å². The van der Waals surface area contributed by atoms with Crippen LogP contribution in [0.1, 0.15) is 22.5 Å². The largest absolute Gasteiger partial charge is 0.446 e. The highest BCUT2D eigenvalue weighted by molar-refractivity contribution is 6.41. The van der Waals surface area contributed by atoms with Crippen molar-refractivity contribution in [1.29, 1.82) is 0 Å². The highest BCUT2D eigenvalue weighted by Gasteiger charge is 2.38. The second-order valence-corrected chi connectivity index (χ2v) is 6.63. The fraction of sp³-hybridized carbons (Fsp3) is 0.333. The molecule has 0 saturated heterocycles. The number of rotatable bonds is 7. The molecule has 1 N–H and O–H groups in total. The average Bonchev–Trinajstić information content (AvgIpc) is 3.14. The number of ether oxygens (including phenoxy) is 3. The van der Waals surface area contributed by atoms with Crippen LogP contribution in [0.25, 0.3) is 11.6 Å². The second kappa shape index (κ2) is 9.02. The zero-order valence-electron chi connectivity index (χ0n) is 16.6. The van der Waals surface area contributed by atoms with Crippen LogP contribution < -0.4 is 4.90 Å². The van der Waals surface area contributed by atoms with E-state index in [1.165, 1.54) is 18.2 Å². The number of benzene rings is 1. The van der Waals surface area contributed by atoms with Crippen LogP contribution in [0.4, 0.5) is 14.9 Å². The van der Waals surface area contributed by atoms with Gasteiger partial charge in [-0.05, 0) is 49.8 Å². The summed E-state index contributed by atoms with van der Waals surface area (Å²) < 4.78 is 29.1. The van der Waals surface area contributed by atoms with E-state index >= 15 is 0 Å². The number of methoxy groups -OCH3 is 1. The first kappa shape index (κ1) is 20.8. The molecule has 0 aliphatic carbocycles. The summed E-state index contributed by atoms with van der Waals surface area (Å²) >= 11 is 0. The molecule has 0 saturated carbocycles. The number of imide groups is 1. The number of nitrogens with zero attached hydrogens (tertiary/aromatic N) is 1. The van der Waals surface area contributed by atoms with Gasteiger partial charge in [0.25, 0.3) is 5.91 Å². The Morgan fingerprint density at radius 2 is 1.93 bits per heavy atom. The molecule has 1 aliphatic heterocycles. The van der Waals surface area contributed by atoms with E-state index in [2.05, 4.69) is 4.98 Å². The van der Waals surface area contributed by atoms with Gasteiger partial charge in [-0.15, -0.1) is 0 Å². The van der Waals surface area contributed by atoms with E-state index in [0.717, 1.165) is 21.9 Å². The van der Waals surface area contributed by atoms with Gasteiger partial charge in [0.05, 0.1) is 31.1 Å². The molecule has 1 aromatic heterocycles. The number of amides is 2.